The van der Waals surface area contributed by atoms with Gasteiger partial charge in [-0.05, 0) is 54.9 Å². The van der Waals surface area contributed by atoms with Gasteiger partial charge in [0.05, 0.1) is 15.2 Å². The molecule has 21 heavy (non-hydrogen) atoms. The summed E-state index contributed by atoms with van der Waals surface area (Å²) < 4.78 is 27.8. The Balaban J connectivity index is 2.38. The van der Waals surface area contributed by atoms with Crippen molar-refractivity contribution >= 4 is 43.2 Å². The van der Waals surface area contributed by atoms with E-state index in [0.29, 0.717) is 17.7 Å². The average Bonchev–Trinajstić information content (AvgIpc) is 2.76. The van der Waals surface area contributed by atoms with E-state index in [1.165, 1.54) is 15.6 Å². The highest BCUT2D eigenvalue weighted by molar-refractivity contribution is 9.11. The van der Waals surface area contributed by atoms with E-state index < -0.39 is 15.9 Å². The first-order valence-corrected chi connectivity index (χ1v) is 9.64. The molecule has 3 N–H and O–H groups in total. The molecule has 0 bridgehead atoms. The Morgan fingerprint density at radius 1 is 1.52 bits per heavy atom. The maximum atomic E-state index is 12.9. The van der Waals surface area contributed by atoms with E-state index in [2.05, 4.69) is 21.2 Å². The van der Waals surface area contributed by atoms with E-state index in [1.54, 1.807) is 13.0 Å². The summed E-state index contributed by atoms with van der Waals surface area (Å²) in [6, 6.07) is 1.39. The summed E-state index contributed by atoms with van der Waals surface area (Å²) >= 11 is 4.67. The van der Waals surface area contributed by atoms with Crippen molar-refractivity contribution < 1.29 is 13.2 Å². The maximum absolute atomic E-state index is 12.9. The number of nitrogens with two attached hydrogens (primary N) is 1. The number of hydrogen-bond donors (Lipinski definition) is 2. The standard InChI is InChI=1S/C12H18BrN3O3S2/c1-8-10(6-11(13)20-8)21(18,19)16(7-12(14)17)9-2-4-15-5-3-9/h6,9,15H,2-5,7H2,1H3,(H2,14,17). The molecule has 9 heteroatoms. The number of primary amides is 1. The average molecular weight is 396 g/mol. The minimum absolute atomic E-state index is 0.193. The smallest absolute Gasteiger partial charge is 0.244 e. The summed E-state index contributed by atoms with van der Waals surface area (Å²) in [6.45, 7) is 2.95. The van der Waals surface area contributed by atoms with Crippen LogP contribution in [0.25, 0.3) is 0 Å². The Morgan fingerprint density at radius 2 is 2.14 bits per heavy atom. The molecule has 0 aromatic carbocycles. The molecular formula is C12H18BrN3O3S2. The third kappa shape index (κ3) is 3.84. The zero-order valence-corrected chi connectivity index (χ0v) is 14.9. The molecule has 1 saturated heterocycles. The Labute approximate surface area is 136 Å². The van der Waals surface area contributed by atoms with Crippen LogP contribution in [0.2, 0.25) is 0 Å². The first-order valence-electron chi connectivity index (χ1n) is 6.59. The third-order valence-electron chi connectivity index (χ3n) is 3.46. The van der Waals surface area contributed by atoms with E-state index in [1.807, 2.05) is 0 Å². The minimum atomic E-state index is -3.72. The SMILES string of the molecule is Cc1sc(Br)cc1S(=O)(=O)N(CC(N)=O)C1CCNCC1. The molecule has 6 nitrogen and oxygen atoms in total. The molecular weight excluding hydrogens is 378 g/mol. The van der Waals surface area contributed by atoms with Gasteiger partial charge in [-0.25, -0.2) is 8.42 Å². The lowest BCUT2D eigenvalue weighted by Crippen LogP contribution is -2.49. The summed E-state index contributed by atoms with van der Waals surface area (Å²) in [6.07, 6.45) is 1.35. The molecule has 0 radical (unpaired) electrons. The number of amides is 1. The number of nitrogens with zero attached hydrogens (tertiary/aromatic N) is 1. The third-order valence-corrected chi connectivity index (χ3v) is 7.16. The lowest BCUT2D eigenvalue weighted by atomic mass is 10.1. The molecule has 2 rings (SSSR count). The number of hydrogen-bond acceptors (Lipinski definition) is 5. The second kappa shape index (κ2) is 6.74. The first-order chi connectivity index (χ1) is 9.82. The number of thiophene rings is 1. The molecule has 0 atom stereocenters. The van der Waals surface area contributed by atoms with Crippen molar-refractivity contribution in [1.29, 1.82) is 0 Å². The Bertz CT molecular complexity index is 624. The van der Waals surface area contributed by atoms with Crippen molar-refractivity contribution in [3.05, 3.63) is 14.7 Å². The van der Waals surface area contributed by atoms with Crippen LogP contribution >= 0.6 is 27.3 Å². The predicted molar refractivity (Wildman–Crippen MR) is 85.7 cm³/mol. The molecule has 0 saturated carbocycles. The second-order valence-electron chi connectivity index (χ2n) is 4.97. The normalized spacial score (nSPS) is 17.3. The van der Waals surface area contributed by atoms with Gasteiger partial charge in [-0.3, -0.25) is 4.79 Å². The topological polar surface area (TPSA) is 92.5 Å². The van der Waals surface area contributed by atoms with E-state index in [9.17, 15) is 13.2 Å². The van der Waals surface area contributed by atoms with Gasteiger partial charge in [0.2, 0.25) is 15.9 Å². The van der Waals surface area contributed by atoms with Crippen LogP contribution in [0.4, 0.5) is 0 Å². The van der Waals surface area contributed by atoms with Crippen LogP contribution in [0.3, 0.4) is 0 Å². The largest absolute Gasteiger partial charge is 0.369 e. The summed E-state index contributed by atoms with van der Waals surface area (Å²) in [5.41, 5.74) is 5.25. The van der Waals surface area contributed by atoms with Gasteiger partial charge < -0.3 is 11.1 Å². The molecule has 0 unspecified atom stereocenters. The molecule has 1 aromatic rings. The fourth-order valence-corrected chi connectivity index (χ4v) is 6.51. The number of sulfonamides is 1. The highest BCUT2D eigenvalue weighted by Crippen LogP contribution is 2.33. The summed E-state index contributed by atoms with van der Waals surface area (Å²) in [5, 5.41) is 3.19. The quantitative estimate of drug-likeness (QED) is 0.778. The molecule has 1 aromatic heterocycles. The molecule has 0 spiro atoms. The van der Waals surface area contributed by atoms with Crippen molar-refractivity contribution in [1.82, 2.24) is 9.62 Å². The molecule has 0 aliphatic carbocycles. The number of aryl methyl sites for hydroxylation is 1. The number of carbonyl (C=O) groups excluding carboxylic acids is 1. The summed E-state index contributed by atoms with van der Waals surface area (Å²) in [7, 11) is -3.72. The monoisotopic (exact) mass is 395 g/mol. The van der Waals surface area contributed by atoms with Crippen molar-refractivity contribution in [2.24, 2.45) is 5.73 Å². The van der Waals surface area contributed by atoms with Gasteiger partial charge in [0.15, 0.2) is 0 Å². The minimum Gasteiger partial charge on any atom is -0.369 e. The number of piperidine rings is 1. The van der Waals surface area contributed by atoms with Crippen LogP contribution in [0, 0.1) is 6.92 Å². The molecule has 1 amide bonds. The van der Waals surface area contributed by atoms with Gasteiger partial charge in [0.25, 0.3) is 0 Å². The van der Waals surface area contributed by atoms with Gasteiger partial charge in [-0.1, -0.05) is 0 Å². The Morgan fingerprint density at radius 3 is 2.62 bits per heavy atom. The number of nitrogens with one attached hydrogen (secondary N) is 1. The first kappa shape index (κ1) is 16.9. The summed E-state index contributed by atoms with van der Waals surface area (Å²) in [4.78, 5) is 12.3. The molecule has 1 aliphatic heterocycles. The molecule has 1 aliphatic rings. The van der Waals surface area contributed by atoms with Crippen molar-refractivity contribution in [3.63, 3.8) is 0 Å². The van der Waals surface area contributed by atoms with Crippen LogP contribution in [-0.2, 0) is 14.8 Å². The zero-order chi connectivity index (χ0) is 15.6. The molecule has 1 fully saturated rings. The highest BCUT2D eigenvalue weighted by atomic mass is 79.9. The van der Waals surface area contributed by atoms with E-state index >= 15 is 0 Å². The predicted octanol–water partition coefficient (Wildman–Crippen LogP) is 1.05. The highest BCUT2D eigenvalue weighted by Gasteiger charge is 2.35. The lowest BCUT2D eigenvalue weighted by molar-refractivity contribution is -0.118. The summed E-state index contributed by atoms with van der Waals surface area (Å²) in [5.74, 6) is -0.635. The van der Waals surface area contributed by atoms with Crippen LogP contribution in [0.5, 0.6) is 0 Å². The van der Waals surface area contributed by atoms with Gasteiger partial charge >= 0.3 is 0 Å². The maximum Gasteiger partial charge on any atom is 0.244 e. The number of halogens is 1. The van der Waals surface area contributed by atoms with E-state index in [4.69, 9.17) is 5.73 Å². The van der Waals surface area contributed by atoms with Gasteiger partial charge in [-0.15, -0.1) is 11.3 Å². The van der Waals surface area contributed by atoms with Crippen molar-refractivity contribution in [2.45, 2.75) is 30.7 Å². The van der Waals surface area contributed by atoms with Crippen molar-refractivity contribution in [3.8, 4) is 0 Å². The number of rotatable bonds is 5. The molecule has 118 valence electrons. The van der Waals surface area contributed by atoms with Crippen LogP contribution in [0.15, 0.2) is 14.7 Å². The Kier molecular flexibility index (Phi) is 5.42. The second-order valence-corrected chi connectivity index (χ2v) is 9.46. The van der Waals surface area contributed by atoms with E-state index in [-0.39, 0.29) is 17.5 Å². The van der Waals surface area contributed by atoms with Gasteiger partial charge in [0, 0.05) is 10.9 Å². The van der Waals surface area contributed by atoms with Crippen LogP contribution in [-0.4, -0.2) is 44.3 Å². The van der Waals surface area contributed by atoms with Gasteiger partial charge in [-0.2, -0.15) is 4.31 Å². The zero-order valence-electron chi connectivity index (χ0n) is 11.6. The van der Waals surface area contributed by atoms with Crippen LogP contribution in [0.1, 0.15) is 17.7 Å². The Hall–Kier alpha value is -0.480. The van der Waals surface area contributed by atoms with E-state index in [0.717, 1.165) is 16.9 Å². The van der Waals surface area contributed by atoms with Crippen LogP contribution < -0.4 is 11.1 Å². The lowest BCUT2D eigenvalue weighted by Gasteiger charge is -2.32. The fourth-order valence-electron chi connectivity index (χ4n) is 2.47. The molecule has 2 heterocycles. The number of carbonyl (C=O) groups is 1. The van der Waals surface area contributed by atoms with Crippen molar-refractivity contribution in [2.75, 3.05) is 19.6 Å². The van der Waals surface area contributed by atoms with Gasteiger partial charge in [0.1, 0.15) is 0 Å². The fraction of sp³-hybridized carbons (Fsp3) is 0.583.